The summed E-state index contributed by atoms with van der Waals surface area (Å²) in [6.45, 7) is 1.10. The van der Waals surface area contributed by atoms with Gasteiger partial charge >= 0.3 is 0 Å². The molecule has 0 fully saturated rings. The molecule has 2 heterocycles. The average molecular weight is 289 g/mol. The maximum atomic E-state index is 12.3. The Hall–Kier alpha value is -1.92. The molecule has 3 rings (SSSR count). The molecule has 0 saturated carbocycles. The summed E-state index contributed by atoms with van der Waals surface area (Å²) in [5.74, 6) is 0. The highest BCUT2D eigenvalue weighted by molar-refractivity contribution is 7.89. The molecule has 0 saturated heterocycles. The highest BCUT2D eigenvalue weighted by atomic mass is 32.2. The molecule has 0 unspecified atom stereocenters. The molecule has 6 heteroatoms. The third-order valence-corrected chi connectivity index (χ3v) is 4.68. The number of nitrogens with zero attached hydrogens (tertiary/aromatic N) is 1. The van der Waals surface area contributed by atoms with Gasteiger partial charge in [-0.3, -0.25) is 4.98 Å². The van der Waals surface area contributed by atoms with Crippen LogP contribution in [0.2, 0.25) is 0 Å². The van der Waals surface area contributed by atoms with Gasteiger partial charge in [-0.1, -0.05) is 6.07 Å². The Labute approximate surface area is 118 Å². The summed E-state index contributed by atoms with van der Waals surface area (Å²) < 4.78 is 27.1. The fourth-order valence-electron chi connectivity index (χ4n) is 2.21. The lowest BCUT2D eigenvalue weighted by atomic mass is 10.2. The number of pyridine rings is 1. The number of sulfonamides is 1. The van der Waals surface area contributed by atoms with Crippen LogP contribution in [0.25, 0.3) is 0 Å². The van der Waals surface area contributed by atoms with Gasteiger partial charge in [0.1, 0.15) is 0 Å². The molecule has 1 aromatic heterocycles. The summed E-state index contributed by atoms with van der Waals surface area (Å²) in [7, 11) is -3.49. The van der Waals surface area contributed by atoms with E-state index in [1.807, 2.05) is 12.1 Å². The lowest BCUT2D eigenvalue weighted by Crippen LogP contribution is -2.23. The predicted octanol–water partition coefficient (Wildman–Crippen LogP) is 1.53. The van der Waals surface area contributed by atoms with Crippen LogP contribution in [-0.4, -0.2) is 19.9 Å². The predicted molar refractivity (Wildman–Crippen MR) is 76.9 cm³/mol. The first kappa shape index (κ1) is 13.1. The van der Waals surface area contributed by atoms with Crippen molar-refractivity contribution in [3.8, 4) is 0 Å². The number of fused-ring (bicyclic) bond motifs is 1. The summed E-state index contributed by atoms with van der Waals surface area (Å²) >= 11 is 0. The zero-order valence-corrected chi connectivity index (χ0v) is 11.7. The summed E-state index contributed by atoms with van der Waals surface area (Å²) in [4.78, 5) is 4.27. The summed E-state index contributed by atoms with van der Waals surface area (Å²) in [5, 5.41) is 3.21. The Morgan fingerprint density at radius 1 is 1.30 bits per heavy atom. The van der Waals surface area contributed by atoms with Crippen molar-refractivity contribution in [1.82, 2.24) is 9.71 Å². The van der Waals surface area contributed by atoms with E-state index in [4.69, 9.17) is 0 Å². The van der Waals surface area contributed by atoms with E-state index >= 15 is 0 Å². The minimum Gasteiger partial charge on any atom is -0.384 e. The molecule has 0 radical (unpaired) electrons. The van der Waals surface area contributed by atoms with Crippen LogP contribution >= 0.6 is 0 Å². The third kappa shape index (κ3) is 2.66. The quantitative estimate of drug-likeness (QED) is 0.895. The zero-order chi connectivity index (χ0) is 14.0. The van der Waals surface area contributed by atoms with Crippen LogP contribution in [0.5, 0.6) is 0 Å². The smallest absolute Gasteiger partial charge is 0.240 e. The van der Waals surface area contributed by atoms with Gasteiger partial charge in [0.25, 0.3) is 0 Å². The minimum atomic E-state index is -3.49. The third-order valence-electron chi connectivity index (χ3n) is 3.29. The zero-order valence-electron chi connectivity index (χ0n) is 10.8. The lowest BCUT2D eigenvalue weighted by Gasteiger charge is -2.08. The van der Waals surface area contributed by atoms with Gasteiger partial charge < -0.3 is 5.32 Å². The van der Waals surface area contributed by atoms with Crippen molar-refractivity contribution in [3.05, 3.63) is 53.9 Å². The molecule has 0 atom stereocenters. The largest absolute Gasteiger partial charge is 0.384 e. The first-order valence-electron chi connectivity index (χ1n) is 6.40. The Balaban J connectivity index is 1.78. The van der Waals surface area contributed by atoms with Gasteiger partial charge in [-0.2, -0.15) is 0 Å². The van der Waals surface area contributed by atoms with Gasteiger partial charge in [0.15, 0.2) is 0 Å². The highest BCUT2D eigenvalue weighted by Crippen LogP contribution is 2.24. The number of anilines is 1. The van der Waals surface area contributed by atoms with Crippen LogP contribution in [0.1, 0.15) is 11.1 Å². The maximum Gasteiger partial charge on any atom is 0.240 e. The first-order chi connectivity index (χ1) is 9.65. The van der Waals surface area contributed by atoms with Crippen LogP contribution in [0, 0.1) is 0 Å². The topological polar surface area (TPSA) is 71.1 Å². The number of rotatable bonds is 4. The van der Waals surface area contributed by atoms with Crippen molar-refractivity contribution in [1.29, 1.82) is 0 Å². The summed E-state index contributed by atoms with van der Waals surface area (Å²) in [6.07, 6.45) is 4.17. The fraction of sp³-hybridized carbons (Fsp3) is 0.214. The molecular weight excluding hydrogens is 274 g/mol. The van der Waals surface area contributed by atoms with Crippen LogP contribution in [0.3, 0.4) is 0 Å². The molecule has 0 bridgehead atoms. The van der Waals surface area contributed by atoms with E-state index in [-0.39, 0.29) is 6.54 Å². The monoisotopic (exact) mass is 289 g/mol. The fourth-order valence-corrected chi connectivity index (χ4v) is 3.28. The van der Waals surface area contributed by atoms with Gasteiger partial charge in [0, 0.05) is 31.2 Å². The summed E-state index contributed by atoms with van der Waals surface area (Å²) in [6, 6.07) is 8.80. The summed E-state index contributed by atoms with van der Waals surface area (Å²) in [5.41, 5.74) is 2.91. The standard InChI is InChI=1S/C14H15N3O2S/c18-20(19,17-10-11-2-1-6-15-9-11)13-3-4-14-12(8-13)5-7-16-14/h1-4,6,8-9,16-17H,5,7,10H2. The van der Waals surface area contributed by atoms with Gasteiger partial charge in [0.05, 0.1) is 4.90 Å². The molecule has 0 aliphatic carbocycles. The Bertz CT molecular complexity index is 714. The van der Waals surface area contributed by atoms with Crippen LogP contribution in [-0.2, 0) is 23.0 Å². The van der Waals surface area contributed by atoms with E-state index in [9.17, 15) is 8.42 Å². The minimum absolute atomic E-state index is 0.242. The van der Waals surface area contributed by atoms with Crippen molar-refractivity contribution in [2.24, 2.45) is 0 Å². The van der Waals surface area contributed by atoms with E-state index in [1.165, 1.54) is 0 Å². The van der Waals surface area contributed by atoms with Gasteiger partial charge in [-0.25, -0.2) is 13.1 Å². The van der Waals surface area contributed by atoms with E-state index in [0.717, 1.165) is 29.8 Å². The molecule has 1 aliphatic rings. The van der Waals surface area contributed by atoms with Gasteiger partial charge in [-0.05, 0) is 41.8 Å². The lowest BCUT2D eigenvalue weighted by molar-refractivity contribution is 0.581. The molecule has 104 valence electrons. The Morgan fingerprint density at radius 3 is 3.00 bits per heavy atom. The van der Waals surface area contributed by atoms with Gasteiger partial charge in [-0.15, -0.1) is 0 Å². The van der Waals surface area contributed by atoms with E-state index in [2.05, 4.69) is 15.0 Å². The van der Waals surface area contributed by atoms with Crippen molar-refractivity contribution in [2.45, 2.75) is 17.9 Å². The molecule has 1 aromatic carbocycles. The van der Waals surface area contributed by atoms with Crippen molar-refractivity contribution < 1.29 is 8.42 Å². The van der Waals surface area contributed by atoms with Crippen LogP contribution in [0.15, 0.2) is 47.6 Å². The molecule has 2 N–H and O–H groups in total. The molecule has 2 aromatic rings. The number of aromatic nitrogens is 1. The number of benzene rings is 1. The second-order valence-electron chi connectivity index (χ2n) is 4.68. The number of hydrogen-bond acceptors (Lipinski definition) is 4. The first-order valence-corrected chi connectivity index (χ1v) is 7.89. The second kappa shape index (κ2) is 5.22. The van der Waals surface area contributed by atoms with Crippen molar-refractivity contribution >= 4 is 15.7 Å². The SMILES string of the molecule is O=S(=O)(NCc1cccnc1)c1ccc2c(c1)CCN2. The normalized spacial score (nSPS) is 13.8. The average Bonchev–Trinajstić information content (AvgIpc) is 2.94. The van der Waals surface area contributed by atoms with E-state index in [1.54, 1.807) is 30.6 Å². The molecule has 0 amide bonds. The van der Waals surface area contributed by atoms with Crippen LogP contribution in [0.4, 0.5) is 5.69 Å². The van der Waals surface area contributed by atoms with Crippen molar-refractivity contribution in [2.75, 3.05) is 11.9 Å². The second-order valence-corrected chi connectivity index (χ2v) is 6.45. The van der Waals surface area contributed by atoms with Crippen LogP contribution < -0.4 is 10.0 Å². The molecular formula is C14H15N3O2S. The molecule has 5 nitrogen and oxygen atoms in total. The number of nitrogens with one attached hydrogen (secondary N) is 2. The maximum absolute atomic E-state index is 12.3. The Morgan fingerprint density at radius 2 is 2.20 bits per heavy atom. The Kier molecular flexibility index (Phi) is 3.42. The van der Waals surface area contributed by atoms with Gasteiger partial charge in [0.2, 0.25) is 10.0 Å². The highest BCUT2D eigenvalue weighted by Gasteiger charge is 2.17. The molecule has 20 heavy (non-hydrogen) atoms. The van der Waals surface area contributed by atoms with E-state index in [0.29, 0.717) is 4.90 Å². The van der Waals surface area contributed by atoms with Crippen molar-refractivity contribution in [3.63, 3.8) is 0 Å². The molecule has 1 aliphatic heterocycles. The van der Waals surface area contributed by atoms with E-state index < -0.39 is 10.0 Å². The number of hydrogen-bond donors (Lipinski definition) is 2. The molecule has 0 spiro atoms.